The predicted octanol–water partition coefficient (Wildman–Crippen LogP) is 1.91. The molecule has 0 bridgehead atoms. The molecule has 1 aromatic heterocycles. The van der Waals surface area contributed by atoms with Crippen molar-refractivity contribution in [2.24, 2.45) is 0 Å². The summed E-state index contributed by atoms with van der Waals surface area (Å²) in [6.45, 7) is 3.03. The van der Waals surface area contributed by atoms with E-state index in [9.17, 15) is 9.59 Å². The lowest BCUT2D eigenvalue weighted by Gasteiger charge is -2.31. The molecule has 0 atom stereocenters. The first-order chi connectivity index (χ1) is 10.1. The maximum atomic E-state index is 12.3. The fourth-order valence-corrected chi connectivity index (χ4v) is 2.80. The third kappa shape index (κ3) is 2.91. The Kier molecular flexibility index (Phi) is 3.64. The zero-order valence-electron chi connectivity index (χ0n) is 12.1. The Morgan fingerprint density at radius 3 is 2.71 bits per heavy atom. The molecule has 2 N–H and O–H groups in total. The number of carbonyl (C=O) groups is 2. The van der Waals surface area contributed by atoms with Gasteiger partial charge in [0.2, 0.25) is 5.91 Å². The van der Waals surface area contributed by atoms with Gasteiger partial charge in [-0.3, -0.25) is 9.59 Å². The van der Waals surface area contributed by atoms with Crippen molar-refractivity contribution in [1.82, 2.24) is 15.2 Å². The van der Waals surface area contributed by atoms with Gasteiger partial charge in [0.1, 0.15) is 0 Å². The highest BCUT2D eigenvalue weighted by molar-refractivity contribution is 5.98. The predicted molar refractivity (Wildman–Crippen MR) is 81.0 cm³/mol. The average molecular weight is 285 g/mol. The van der Waals surface area contributed by atoms with E-state index in [0.717, 1.165) is 36.8 Å². The van der Waals surface area contributed by atoms with Crippen LogP contribution in [-0.4, -0.2) is 40.8 Å². The Morgan fingerprint density at radius 2 is 2.00 bits per heavy atom. The number of aromatic amines is 1. The van der Waals surface area contributed by atoms with Crippen LogP contribution in [0.15, 0.2) is 30.5 Å². The fraction of sp³-hybridized carbons (Fsp3) is 0.375. The first-order valence-electron chi connectivity index (χ1n) is 7.27. The maximum Gasteiger partial charge on any atom is 0.251 e. The zero-order chi connectivity index (χ0) is 14.8. The largest absolute Gasteiger partial charge is 0.361 e. The topological polar surface area (TPSA) is 65.2 Å². The van der Waals surface area contributed by atoms with E-state index >= 15 is 0 Å². The van der Waals surface area contributed by atoms with Crippen LogP contribution in [0.5, 0.6) is 0 Å². The van der Waals surface area contributed by atoms with Crippen LogP contribution >= 0.6 is 0 Å². The Hall–Kier alpha value is -2.30. The molecule has 3 rings (SSSR count). The summed E-state index contributed by atoms with van der Waals surface area (Å²) in [5, 5.41) is 4.10. The van der Waals surface area contributed by atoms with Gasteiger partial charge < -0.3 is 15.2 Å². The number of H-pyrrole nitrogens is 1. The molecule has 1 aliphatic heterocycles. The molecule has 0 radical (unpaired) electrons. The van der Waals surface area contributed by atoms with Crippen molar-refractivity contribution in [2.75, 3.05) is 13.1 Å². The van der Waals surface area contributed by atoms with Crippen molar-refractivity contribution in [3.63, 3.8) is 0 Å². The van der Waals surface area contributed by atoms with E-state index < -0.39 is 0 Å². The van der Waals surface area contributed by atoms with Crippen LogP contribution in [0.25, 0.3) is 10.9 Å². The number of rotatable bonds is 2. The number of hydrogen-bond acceptors (Lipinski definition) is 2. The van der Waals surface area contributed by atoms with E-state index in [2.05, 4.69) is 10.3 Å². The van der Waals surface area contributed by atoms with Crippen LogP contribution in [0.2, 0.25) is 0 Å². The van der Waals surface area contributed by atoms with Crippen molar-refractivity contribution in [2.45, 2.75) is 25.8 Å². The number of amides is 2. The molecule has 0 saturated carbocycles. The van der Waals surface area contributed by atoms with Crippen LogP contribution in [0.1, 0.15) is 30.1 Å². The minimum Gasteiger partial charge on any atom is -0.361 e. The number of piperidine rings is 1. The molecule has 1 aliphatic rings. The van der Waals surface area contributed by atoms with Crippen molar-refractivity contribution >= 4 is 22.7 Å². The van der Waals surface area contributed by atoms with Crippen molar-refractivity contribution in [1.29, 1.82) is 0 Å². The lowest BCUT2D eigenvalue weighted by Crippen LogP contribution is -2.45. The van der Waals surface area contributed by atoms with E-state index in [1.54, 1.807) is 6.92 Å². The highest BCUT2D eigenvalue weighted by Gasteiger charge is 2.22. The van der Waals surface area contributed by atoms with Crippen LogP contribution < -0.4 is 5.32 Å². The average Bonchev–Trinajstić information content (AvgIpc) is 2.95. The van der Waals surface area contributed by atoms with Gasteiger partial charge in [-0.05, 0) is 37.1 Å². The molecule has 21 heavy (non-hydrogen) atoms. The van der Waals surface area contributed by atoms with Gasteiger partial charge >= 0.3 is 0 Å². The van der Waals surface area contributed by atoms with Gasteiger partial charge in [-0.25, -0.2) is 0 Å². The highest BCUT2D eigenvalue weighted by Crippen LogP contribution is 2.15. The van der Waals surface area contributed by atoms with Gasteiger partial charge in [0.05, 0.1) is 0 Å². The third-order valence-corrected chi connectivity index (χ3v) is 4.09. The van der Waals surface area contributed by atoms with E-state index in [-0.39, 0.29) is 17.9 Å². The summed E-state index contributed by atoms with van der Waals surface area (Å²) in [4.78, 5) is 28.5. The number of fused-ring (bicyclic) bond motifs is 1. The quantitative estimate of drug-likeness (QED) is 0.885. The second-order valence-electron chi connectivity index (χ2n) is 5.53. The van der Waals surface area contributed by atoms with E-state index in [1.165, 1.54) is 0 Å². The Balaban J connectivity index is 1.62. The van der Waals surface area contributed by atoms with Crippen LogP contribution in [-0.2, 0) is 4.79 Å². The SMILES string of the molecule is CC(=O)N1CCC(NC(=O)c2ccc3[nH]ccc3c2)CC1. The van der Waals surface area contributed by atoms with E-state index in [1.807, 2.05) is 35.4 Å². The van der Waals surface area contributed by atoms with Crippen LogP contribution in [0, 0.1) is 0 Å². The number of nitrogens with one attached hydrogen (secondary N) is 2. The zero-order valence-corrected chi connectivity index (χ0v) is 12.1. The summed E-state index contributed by atoms with van der Waals surface area (Å²) >= 11 is 0. The lowest BCUT2D eigenvalue weighted by molar-refractivity contribution is -0.129. The molecule has 1 aromatic carbocycles. The first-order valence-corrected chi connectivity index (χ1v) is 7.27. The molecule has 110 valence electrons. The van der Waals surface area contributed by atoms with Gasteiger partial charge in [-0.15, -0.1) is 0 Å². The molecule has 5 nitrogen and oxygen atoms in total. The van der Waals surface area contributed by atoms with Gasteiger partial charge in [-0.2, -0.15) is 0 Å². The summed E-state index contributed by atoms with van der Waals surface area (Å²) in [7, 11) is 0. The molecule has 1 saturated heterocycles. The summed E-state index contributed by atoms with van der Waals surface area (Å²) < 4.78 is 0. The minimum atomic E-state index is -0.0422. The van der Waals surface area contributed by atoms with Gasteiger partial charge in [0.15, 0.2) is 0 Å². The van der Waals surface area contributed by atoms with Gasteiger partial charge in [0.25, 0.3) is 5.91 Å². The van der Waals surface area contributed by atoms with E-state index in [0.29, 0.717) is 5.56 Å². The number of hydrogen-bond donors (Lipinski definition) is 2. The summed E-state index contributed by atoms with van der Waals surface area (Å²) in [5.41, 5.74) is 1.71. The molecule has 1 fully saturated rings. The molecule has 0 spiro atoms. The second kappa shape index (κ2) is 5.60. The summed E-state index contributed by atoms with van der Waals surface area (Å²) in [5.74, 6) is 0.0667. The number of nitrogens with zero attached hydrogens (tertiary/aromatic N) is 1. The molecule has 2 heterocycles. The Labute approximate surface area is 123 Å². The van der Waals surface area contributed by atoms with Crippen LogP contribution in [0.3, 0.4) is 0 Å². The summed E-state index contributed by atoms with van der Waals surface area (Å²) in [6, 6.07) is 7.75. The molecule has 0 aliphatic carbocycles. The maximum absolute atomic E-state index is 12.3. The number of carbonyl (C=O) groups excluding carboxylic acids is 2. The second-order valence-corrected chi connectivity index (χ2v) is 5.53. The molecule has 2 amide bonds. The fourth-order valence-electron chi connectivity index (χ4n) is 2.80. The Morgan fingerprint density at radius 1 is 1.24 bits per heavy atom. The standard InChI is InChI=1S/C16H19N3O2/c1-11(20)19-8-5-14(6-9-19)18-16(21)13-2-3-15-12(10-13)4-7-17-15/h2-4,7,10,14,17H,5-6,8-9H2,1H3,(H,18,21). The molecular formula is C16H19N3O2. The monoisotopic (exact) mass is 285 g/mol. The Bertz CT molecular complexity index is 669. The third-order valence-electron chi connectivity index (χ3n) is 4.09. The minimum absolute atomic E-state index is 0.0422. The number of likely N-dealkylation sites (tertiary alicyclic amines) is 1. The first kappa shape index (κ1) is 13.7. The molecular weight excluding hydrogens is 266 g/mol. The number of aromatic nitrogens is 1. The lowest BCUT2D eigenvalue weighted by atomic mass is 10.0. The summed E-state index contributed by atoms with van der Waals surface area (Å²) in [6.07, 6.45) is 3.50. The van der Waals surface area contributed by atoms with Crippen molar-refractivity contribution in [3.05, 3.63) is 36.0 Å². The molecule has 2 aromatic rings. The smallest absolute Gasteiger partial charge is 0.251 e. The van der Waals surface area contributed by atoms with Gasteiger partial charge in [0, 0.05) is 48.7 Å². The van der Waals surface area contributed by atoms with Crippen LogP contribution in [0.4, 0.5) is 0 Å². The molecule has 5 heteroatoms. The van der Waals surface area contributed by atoms with Crippen molar-refractivity contribution in [3.8, 4) is 0 Å². The molecule has 0 unspecified atom stereocenters. The van der Waals surface area contributed by atoms with E-state index in [4.69, 9.17) is 0 Å². The number of benzene rings is 1. The highest BCUT2D eigenvalue weighted by atomic mass is 16.2. The van der Waals surface area contributed by atoms with Gasteiger partial charge in [-0.1, -0.05) is 0 Å². The normalized spacial score (nSPS) is 16.1. The van der Waals surface area contributed by atoms with Crippen molar-refractivity contribution < 1.29 is 9.59 Å².